The zero-order valence-electron chi connectivity index (χ0n) is 10.9. The summed E-state index contributed by atoms with van der Waals surface area (Å²) in [7, 11) is 0. The SMILES string of the molecule is CCn1nc(C)c2nc(N)n(C3CCCOC3)c21. The minimum atomic E-state index is 0.283. The molecule has 0 radical (unpaired) electrons. The van der Waals surface area contributed by atoms with E-state index in [9.17, 15) is 0 Å². The van der Waals surface area contributed by atoms with Crippen molar-refractivity contribution in [3.63, 3.8) is 0 Å². The molecule has 18 heavy (non-hydrogen) atoms. The standard InChI is InChI=1S/C12H19N5O/c1-3-16-11-10(8(2)15-16)14-12(13)17(11)9-5-4-6-18-7-9/h9H,3-7H2,1-2H3,(H2,13,14). The molecule has 0 saturated carbocycles. The Balaban J connectivity index is 2.16. The van der Waals surface area contributed by atoms with Crippen LogP contribution in [0.3, 0.4) is 0 Å². The Morgan fingerprint density at radius 2 is 2.33 bits per heavy atom. The summed E-state index contributed by atoms with van der Waals surface area (Å²) in [5.74, 6) is 0.572. The van der Waals surface area contributed by atoms with Crippen LogP contribution >= 0.6 is 0 Å². The van der Waals surface area contributed by atoms with Gasteiger partial charge in [-0.2, -0.15) is 5.10 Å². The molecule has 2 aromatic heterocycles. The predicted octanol–water partition coefficient (Wildman–Crippen LogP) is 1.49. The Hall–Kier alpha value is -1.56. The number of aromatic nitrogens is 4. The van der Waals surface area contributed by atoms with Gasteiger partial charge in [-0.1, -0.05) is 0 Å². The molecule has 98 valence electrons. The zero-order chi connectivity index (χ0) is 12.7. The van der Waals surface area contributed by atoms with Crippen molar-refractivity contribution in [3.8, 4) is 0 Å². The first-order chi connectivity index (χ1) is 8.72. The molecule has 1 atom stereocenters. The van der Waals surface area contributed by atoms with Crippen LogP contribution in [0, 0.1) is 6.92 Å². The van der Waals surface area contributed by atoms with Crippen LogP contribution in [0.5, 0.6) is 0 Å². The van der Waals surface area contributed by atoms with E-state index < -0.39 is 0 Å². The number of fused-ring (bicyclic) bond motifs is 1. The summed E-state index contributed by atoms with van der Waals surface area (Å²) >= 11 is 0. The molecule has 0 aliphatic carbocycles. The number of nitrogens with zero attached hydrogens (tertiary/aromatic N) is 4. The lowest BCUT2D eigenvalue weighted by atomic mass is 10.1. The highest BCUT2D eigenvalue weighted by atomic mass is 16.5. The Kier molecular flexibility index (Phi) is 2.74. The molecule has 6 nitrogen and oxygen atoms in total. The fourth-order valence-corrected chi connectivity index (χ4v) is 2.71. The first-order valence-corrected chi connectivity index (χ1v) is 6.51. The van der Waals surface area contributed by atoms with E-state index in [1.54, 1.807) is 0 Å². The number of hydrogen-bond acceptors (Lipinski definition) is 4. The lowest BCUT2D eigenvalue weighted by Gasteiger charge is -2.24. The number of nitrogens with two attached hydrogens (primary N) is 1. The monoisotopic (exact) mass is 249 g/mol. The van der Waals surface area contributed by atoms with Crippen LogP contribution in [0.15, 0.2) is 0 Å². The lowest BCUT2D eigenvalue weighted by molar-refractivity contribution is 0.0608. The van der Waals surface area contributed by atoms with Crippen LogP contribution in [0.25, 0.3) is 11.2 Å². The molecule has 3 rings (SSSR count). The van der Waals surface area contributed by atoms with Crippen molar-refractivity contribution in [1.82, 2.24) is 19.3 Å². The van der Waals surface area contributed by atoms with Gasteiger partial charge in [0.2, 0.25) is 5.95 Å². The van der Waals surface area contributed by atoms with Crippen LogP contribution in [-0.4, -0.2) is 32.5 Å². The van der Waals surface area contributed by atoms with Gasteiger partial charge < -0.3 is 10.5 Å². The third-order valence-electron chi connectivity index (χ3n) is 3.57. The molecule has 0 spiro atoms. The fourth-order valence-electron chi connectivity index (χ4n) is 2.71. The van der Waals surface area contributed by atoms with E-state index in [0.29, 0.717) is 12.6 Å². The van der Waals surface area contributed by atoms with E-state index >= 15 is 0 Å². The molecule has 0 aromatic carbocycles. The molecule has 1 aliphatic heterocycles. The van der Waals surface area contributed by atoms with Crippen LogP contribution in [0.4, 0.5) is 5.95 Å². The van der Waals surface area contributed by atoms with E-state index in [4.69, 9.17) is 10.5 Å². The molecule has 1 saturated heterocycles. The Morgan fingerprint density at radius 1 is 1.50 bits per heavy atom. The smallest absolute Gasteiger partial charge is 0.202 e. The van der Waals surface area contributed by atoms with Gasteiger partial charge in [0.05, 0.1) is 18.3 Å². The van der Waals surface area contributed by atoms with Gasteiger partial charge in [0.25, 0.3) is 0 Å². The maximum atomic E-state index is 6.08. The van der Waals surface area contributed by atoms with Crippen molar-refractivity contribution in [1.29, 1.82) is 0 Å². The summed E-state index contributed by atoms with van der Waals surface area (Å²) in [5, 5.41) is 4.50. The Labute approximate surface area is 106 Å². The van der Waals surface area contributed by atoms with E-state index in [1.165, 1.54) is 0 Å². The molecule has 3 heterocycles. The number of aryl methyl sites for hydroxylation is 2. The summed E-state index contributed by atoms with van der Waals surface area (Å²) in [4.78, 5) is 4.46. The topological polar surface area (TPSA) is 70.9 Å². The number of hydrogen-bond donors (Lipinski definition) is 1. The highest BCUT2D eigenvalue weighted by Crippen LogP contribution is 2.29. The van der Waals surface area contributed by atoms with E-state index in [-0.39, 0.29) is 6.04 Å². The molecule has 1 fully saturated rings. The fraction of sp³-hybridized carbons (Fsp3) is 0.667. The number of nitrogen functional groups attached to an aromatic ring is 1. The predicted molar refractivity (Wildman–Crippen MR) is 69.4 cm³/mol. The highest BCUT2D eigenvalue weighted by Gasteiger charge is 2.24. The van der Waals surface area contributed by atoms with Gasteiger partial charge in [0.15, 0.2) is 5.65 Å². The minimum Gasteiger partial charge on any atom is -0.379 e. The third-order valence-corrected chi connectivity index (χ3v) is 3.57. The van der Waals surface area contributed by atoms with Gasteiger partial charge in [-0.25, -0.2) is 9.67 Å². The zero-order valence-corrected chi connectivity index (χ0v) is 10.9. The van der Waals surface area contributed by atoms with Crippen LogP contribution < -0.4 is 5.73 Å². The molecule has 1 unspecified atom stereocenters. The first-order valence-electron chi connectivity index (χ1n) is 6.51. The number of anilines is 1. The Bertz CT molecular complexity index is 565. The second-order valence-electron chi connectivity index (χ2n) is 4.78. The van der Waals surface area contributed by atoms with Crippen molar-refractivity contribution >= 4 is 17.1 Å². The summed E-state index contributed by atoms with van der Waals surface area (Å²) < 4.78 is 9.63. The molecule has 6 heteroatoms. The molecular weight excluding hydrogens is 230 g/mol. The maximum absolute atomic E-state index is 6.08. The van der Waals surface area contributed by atoms with Crippen LogP contribution in [0.1, 0.15) is 31.5 Å². The van der Waals surface area contributed by atoms with Crippen molar-refractivity contribution < 1.29 is 4.74 Å². The molecule has 1 aliphatic rings. The normalized spacial score (nSPS) is 20.7. The number of rotatable bonds is 2. The summed E-state index contributed by atoms with van der Waals surface area (Å²) in [5.41, 5.74) is 8.96. The van der Waals surface area contributed by atoms with Gasteiger partial charge in [0, 0.05) is 13.2 Å². The van der Waals surface area contributed by atoms with Crippen molar-refractivity contribution in [2.24, 2.45) is 0 Å². The average Bonchev–Trinajstić information content (AvgIpc) is 2.88. The molecular formula is C12H19N5O. The minimum absolute atomic E-state index is 0.283. The summed E-state index contributed by atoms with van der Waals surface area (Å²) in [6.07, 6.45) is 2.16. The van der Waals surface area contributed by atoms with Crippen LogP contribution in [0.2, 0.25) is 0 Å². The second-order valence-corrected chi connectivity index (χ2v) is 4.78. The quantitative estimate of drug-likeness (QED) is 0.875. The van der Waals surface area contributed by atoms with E-state index in [0.717, 1.165) is 42.9 Å². The van der Waals surface area contributed by atoms with E-state index in [2.05, 4.69) is 21.6 Å². The highest BCUT2D eigenvalue weighted by molar-refractivity contribution is 5.77. The lowest BCUT2D eigenvalue weighted by Crippen LogP contribution is -2.23. The van der Waals surface area contributed by atoms with Crippen molar-refractivity contribution in [2.45, 2.75) is 39.3 Å². The van der Waals surface area contributed by atoms with Gasteiger partial charge in [-0.3, -0.25) is 4.57 Å². The first kappa shape index (κ1) is 11.5. The summed E-state index contributed by atoms with van der Waals surface area (Å²) in [6, 6.07) is 0.283. The maximum Gasteiger partial charge on any atom is 0.202 e. The Morgan fingerprint density at radius 3 is 3.00 bits per heavy atom. The molecule has 0 amide bonds. The largest absolute Gasteiger partial charge is 0.379 e. The molecule has 2 aromatic rings. The second kappa shape index (κ2) is 4.28. The van der Waals surface area contributed by atoms with E-state index in [1.807, 2.05) is 11.6 Å². The molecule has 0 bridgehead atoms. The van der Waals surface area contributed by atoms with Gasteiger partial charge >= 0.3 is 0 Å². The van der Waals surface area contributed by atoms with Gasteiger partial charge in [-0.05, 0) is 26.7 Å². The third kappa shape index (κ3) is 1.59. The number of imidazole rings is 1. The van der Waals surface area contributed by atoms with Crippen molar-refractivity contribution in [3.05, 3.63) is 5.69 Å². The van der Waals surface area contributed by atoms with Gasteiger partial charge in [-0.15, -0.1) is 0 Å². The average molecular weight is 249 g/mol. The molecule has 2 N–H and O–H groups in total. The number of ether oxygens (including phenoxy) is 1. The van der Waals surface area contributed by atoms with Crippen LogP contribution in [-0.2, 0) is 11.3 Å². The van der Waals surface area contributed by atoms with Crippen molar-refractivity contribution in [2.75, 3.05) is 18.9 Å². The summed E-state index contributed by atoms with van der Waals surface area (Å²) in [6.45, 7) is 6.44. The van der Waals surface area contributed by atoms with Gasteiger partial charge in [0.1, 0.15) is 5.52 Å².